The van der Waals surface area contributed by atoms with Gasteiger partial charge in [-0.2, -0.15) is 0 Å². The summed E-state index contributed by atoms with van der Waals surface area (Å²) in [5.41, 5.74) is 0.846. The van der Waals surface area contributed by atoms with Crippen LogP contribution in [0.15, 0.2) is 18.3 Å². The fraction of sp³-hybridized carbons (Fsp3) is 0.615. The lowest BCUT2D eigenvalue weighted by atomic mass is 9.94. The van der Waals surface area contributed by atoms with Crippen LogP contribution in [-0.4, -0.2) is 41.5 Å². The number of hydrogen-bond donors (Lipinski definition) is 1. The van der Waals surface area contributed by atoms with Crippen LogP contribution < -0.4 is 5.32 Å². The maximum atomic E-state index is 10.5. The Hall–Kier alpha value is -1.69. The highest BCUT2D eigenvalue weighted by atomic mass is 16.6. The van der Waals surface area contributed by atoms with Gasteiger partial charge in [-0.25, -0.2) is 0 Å². The smallest absolute Gasteiger partial charge is 0.363 e. The highest BCUT2D eigenvalue weighted by molar-refractivity contribution is 5.43. The molecule has 1 fully saturated rings. The van der Waals surface area contributed by atoms with E-state index in [4.69, 9.17) is 0 Å². The van der Waals surface area contributed by atoms with Gasteiger partial charge in [0.15, 0.2) is 6.20 Å². The number of anilines is 1. The fourth-order valence-corrected chi connectivity index (χ4v) is 2.37. The minimum atomic E-state index is -0.484. The maximum Gasteiger partial charge on any atom is 0.363 e. The van der Waals surface area contributed by atoms with Crippen molar-refractivity contribution in [1.29, 1.82) is 0 Å². The normalized spacial score (nSPS) is 17.3. The molecule has 1 aromatic rings. The van der Waals surface area contributed by atoms with Crippen LogP contribution in [0.25, 0.3) is 0 Å². The minimum absolute atomic E-state index is 0.110. The van der Waals surface area contributed by atoms with Crippen molar-refractivity contribution in [3.63, 3.8) is 0 Å². The summed E-state index contributed by atoms with van der Waals surface area (Å²) in [6.45, 7) is 3.27. The lowest BCUT2D eigenvalue weighted by molar-refractivity contribution is -0.389. The maximum absolute atomic E-state index is 10.5. The van der Waals surface area contributed by atoms with Gasteiger partial charge in [-0.1, -0.05) is 0 Å². The molecule has 0 unspecified atom stereocenters. The molecule has 0 aliphatic carbocycles. The topological polar surface area (TPSA) is 71.3 Å². The van der Waals surface area contributed by atoms with Crippen LogP contribution >= 0.6 is 0 Å². The zero-order valence-electron chi connectivity index (χ0n) is 11.2. The van der Waals surface area contributed by atoms with Crippen LogP contribution in [0.5, 0.6) is 0 Å². The minimum Gasteiger partial charge on any atom is -0.382 e. The van der Waals surface area contributed by atoms with Crippen molar-refractivity contribution in [2.45, 2.75) is 19.3 Å². The third-order valence-electron chi connectivity index (χ3n) is 3.65. The Morgan fingerprint density at radius 2 is 2.21 bits per heavy atom. The first-order valence-corrected chi connectivity index (χ1v) is 6.68. The van der Waals surface area contributed by atoms with E-state index in [1.54, 1.807) is 6.07 Å². The van der Waals surface area contributed by atoms with E-state index in [0.29, 0.717) is 0 Å². The van der Waals surface area contributed by atoms with E-state index in [1.807, 2.05) is 0 Å². The van der Waals surface area contributed by atoms with Crippen LogP contribution in [0, 0.1) is 16.0 Å². The molecule has 0 bridgehead atoms. The van der Waals surface area contributed by atoms with Crippen LogP contribution in [0.4, 0.5) is 11.5 Å². The van der Waals surface area contributed by atoms with Gasteiger partial charge in [0.1, 0.15) is 0 Å². The molecule has 104 valence electrons. The molecule has 0 radical (unpaired) electrons. The molecular formula is C13H20N4O2. The number of pyridine rings is 1. The Kier molecular flexibility index (Phi) is 4.68. The van der Waals surface area contributed by atoms with Gasteiger partial charge >= 0.3 is 5.82 Å². The Labute approximate surface area is 113 Å². The van der Waals surface area contributed by atoms with Gasteiger partial charge < -0.3 is 20.3 Å². The lowest BCUT2D eigenvalue weighted by Crippen LogP contribution is -2.30. The number of likely N-dealkylation sites (tertiary alicyclic amines) is 1. The summed E-state index contributed by atoms with van der Waals surface area (Å²) in [6.07, 6.45) is 5.19. The molecule has 1 aliphatic rings. The molecule has 2 heterocycles. The quantitative estimate of drug-likeness (QED) is 0.651. The second-order valence-electron chi connectivity index (χ2n) is 5.12. The largest absolute Gasteiger partial charge is 0.382 e. The van der Waals surface area contributed by atoms with Crippen LogP contribution in [0.1, 0.15) is 19.3 Å². The second kappa shape index (κ2) is 6.47. The van der Waals surface area contributed by atoms with Crippen molar-refractivity contribution < 1.29 is 4.92 Å². The molecule has 0 amide bonds. The summed E-state index contributed by atoms with van der Waals surface area (Å²) in [5, 5.41) is 13.7. The zero-order chi connectivity index (χ0) is 13.7. The first-order chi connectivity index (χ1) is 9.15. The molecule has 1 aromatic heterocycles. The Balaban J connectivity index is 1.72. The molecule has 1 N–H and O–H groups in total. The van der Waals surface area contributed by atoms with Gasteiger partial charge in [0.25, 0.3) is 0 Å². The van der Waals surface area contributed by atoms with Crippen molar-refractivity contribution >= 4 is 11.5 Å². The highest BCUT2D eigenvalue weighted by Gasteiger charge is 2.16. The number of nitrogens with one attached hydrogen (secondary N) is 1. The van der Waals surface area contributed by atoms with E-state index >= 15 is 0 Å². The number of nitro groups is 1. The Morgan fingerprint density at radius 1 is 1.47 bits per heavy atom. The number of aromatic nitrogens is 1. The van der Waals surface area contributed by atoms with Crippen LogP contribution in [0.2, 0.25) is 0 Å². The number of nitrogens with zero attached hydrogens (tertiary/aromatic N) is 3. The molecule has 0 saturated carbocycles. The number of piperidine rings is 1. The molecule has 0 atom stereocenters. The molecule has 1 saturated heterocycles. The molecule has 6 heteroatoms. The molecule has 0 spiro atoms. The third kappa shape index (κ3) is 4.17. The monoisotopic (exact) mass is 264 g/mol. The summed E-state index contributed by atoms with van der Waals surface area (Å²) >= 11 is 0. The predicted octanol–water partition coefficient (Wildman–Crippen LogP) is 2.13. The predicted molar refractivity (Wildman–Crippen MR) is 74.2 cm³/mol. The summed E-state index contributed by atoms with van der Waals surface area (Å²) in [6, 6.07) is 3.14. The van der Waals surface area contributed by atoms with E-state index in [2.05, 4.69) is 22.2 Å². The van der Waals surface area contributed by atoms with Gasteiger partial charge in [-0.05, 0) is 61.3 Å². The van der Waals surface area contributed by atoms with Crippen LogP contribution in [-0.2, 0) is 0 Å². The average Bonchev–Trinajstić information content (AvgIpc) is 2.41. The van der Waals surface area contributed by atoms with Gasteiger partial charge in [0, 0.05) is 12.6 Å². The summed E-state index contributed by atoms with van der Waals surface area (Å²) < 4.78 is 0. The fourth-order valence-electron chi connectivity index (χ4n) is 2.37. The molecule has 2 rings (SSSR count). The summed E-state index contributed by atoms with van der Waals surface area (Å²) in [4.78, 5) is 16.1. The van der Waals surface area contributed by atoms with E-state index in [0.717, 1.165) is 24.6 Å². The summed E-state index contributed by atoms with van der Waals surface area (Å²) in [7, 11) is 2.16. The molecule has 0 aromatic carbocycles. The van der Waals surface area contributed by atoms with Gasteiger partial charge in [0.2, 0.25) is 0 Å². The highest BCUT2D eigenvalue weighted by Crippen LogP contribution is 2.19. The summed E-state index contributed by atoms with van der Waals surface area (Å²) in [5.74, 6) is 0.676. The van der Waals surface area contributed by atoms with Crippen molar-refractivity contribution in [2.24, 2.45) is 5.92 Å². The van der Waals surface area contributed by atoms with Crippen molar-refractivity contribution in [2.75, 3.05) is 32.0 Å². The van der Waals surface area contributed by atoms with Gasteiger partial charge in [0.05, 0.1) is 5.69 Å². The van der Waals surface area contributed by atoms with Crippen molar-refractivity contribution in [1.82, 2.24) is 9.88 Å². The molecule has 6 nitrogen and oxygen atoms in total. The second-order valence-corrected chi connectivity index (χ2v) is 5.12. The average molecular weight is 264 g/mol. The zero-order valence-corrected chi connectivity index (χ0v) is 11.2. The molecule has 1 aliphatic heterocycles. The Bertz CT molecular complexity index is 413. The van der Waals surface area contributed by atoms with Crippen LogP contribution in [0.3, 0.4) is 0 Å². The SMILES string of the molecule is CN1CCC(CCNc2ccc([N+](=O)[O-])nc2)CC1. The van der Waals surface area contributed by atoms with Gasteiger partial charge in [-0.3, -0.25) is 0 Å². The van der Waals surface area contributed by atoms with E-state index < -0.39 is 4.92 Å². The lowest BCUT2D eigenvalue weighted by Gasteiger charge is -2.28. The van der Waals surface area contributed by atoms with E-state index in [9.17, 15) is 10.1 Å². The van der Waals surface area contributed by atoms with E-state index in [1.165, 1.54) is 38.2 Å². The first kappa shape index (κ1) is 13.7. The molecule has 19 heavy (non-hydrogen) atoms. The van der Waals surface area contributed by atoms with Gasteiger partial charge in [-0.15, -0.1) is 0 Å². The number of hydrogen-bond acceptors (Lipinski definition) is 5. The number of rotatable bonds is 5. The van der Waals surface area contributed by atoms with Crippen molar-refractivity contribution in [3.05, 3.63) is 28.4 Å². The molecular weight excluding hydrogens is 244 g/mol. The van der Waals surface area contributed by atoms with Crippen molar-refractivity contribution in [3.8, 4) is 0 Å². The Morgan fingerprint density at radius 3 is 2.79 bits per heavy atom. The third-order valence-corrected chi connectivity index (χ3v) is 3.65. The standard InChI is InChI=1S/C13H20N4O2/c1-16-8-5-11(6-9-16)4-7-14-12-2-3-13(15-10-12)17(18)19/h2-3,10-11,14H,4-9H2,1H3. The van der Waals surface area contributed by atoms with E-state index in [-0.39, 0.29) is 5.82 Å². The first-order valence-electron chi connectivity index (χ1n) is 6.68.